The summed E-state index contributed by atoms with van der Waals surface area (Å²) in [7, 11) is 0. The summed E-state index contributed by atoms with van der Waals surface area (Å²) in [5, 5.41) is 0. The average Bonchev–Trinajstić information content (AvgIpc) is 2.70. The van der Waals surface area contributed by atoms with Crippen molar-refractivity contribution in [3.05, 3.63) is 114 Å². The Bertz CT molecular complexity index is 812. The molecule has 1 atom stereocenters. The molecule has 0 aromatic heterocycles. The van der Waals surface area contributed by atoms with Crippen molar-refractivity contribution in [2.24, 2.45) is 4.99 Å². The van der Waals surface area contributed by atoms with E-state index in [2.05, 4.69) is 30.3 Å². The van der Waals surface area contributed by atoms with Gasteiger partial charge in [0.15, 0.2) is 0 Å². The van der Waals surface area contributed by atoms with E-state index in [0.717, 1.165) is 22.4 Å². The Morgan fingerprint density at radius 3 is 1.79 bits per heavy atom. The van der Waals surface area contributed by atoms with Crippen LogP contribution in [0.4, 0.5) is 0 Å². The van der Waals surface area contributed by atoms with Gasteiger partial charge in [0.25, 0.3) is 0 Å². The molecule has 2 heteroatoms. The molecular weight excluding hydrogens is 294 g/mol. The molecule has 3 aromatic rings. The van der Waals surface area contributed by atoms with Crippen molar-refractivity contribution in [1.29, 1.82) is 0 Å². The van der Waals surface area contributed by atoms with E-state index in [1.165, 1.54) is 0 Å². The van der Waals surface area contributed by atoms with Crippen LogP contribution in [0.3, 0.4) is 0 Å². The minimum Gasteiger partial charge on any atom is -0.438 e. The quantitative estimate of drug-likeness (QED) is 0.647. The SMILES string of the molecule is C1=C(c2ccccc2)OC(c2ccccc2)=N[C@H]1c1ccccc1. The minimum absolute atomic E-state index is 0.0506. The summed E-state index contributed by atoms with van der Waals surface area (Å²) in [5.41, 5.74) is 3.20. The fourth-order valence-electron chi connectivity index (χ4n) is 2.76. The minimum atomic E-state index is -0.0506. The van der Waals surface area contributed by atoms with Gasteiger partial charge in [0.05, 0.1) is 0 Å². The molecule has 0 spiro atoms. The smallest absolute Gasteiger partial charge is 0.222 e. The summed E-state index contributed by atoms with van der Waals surface area (Å²) >= 11 is 0. The lowest BCUT2D eigenvalue weighted by atomic mass is 10.0. The van der Waals surface area contributed by atoms with E-state index in [4.69, 9.17) is 9.73 Å². The first kappa shape index (κ1) is 14.5. The fourth-order valence-corrected chi connectivity index (χ4v) is 2.76. The molecule has 1 aliphatic heterocycles. The average molecular weight is 311 g/mol. The molecule has 0 saturated heterocycles. The third-order valence-electron chi connectivity index (χ3n) is 3.99. The normalized spacial score (nSPS) is 16.8. The largest absolute Gasteiger partial charge is 0.438 e. The summed E-state index contributed by atoms with van der Waals surface area (Å²) in [5.74, 6) is 1.50. The molecule has 1 aliphatic rings. The van der Waals surface area contributed by atoms with Gasteiger partial charge in [-0.15, -0.1) is 0 Å². The fraction of sp³-hybridized carbons (Fsp3) is 0.0455. The molecule has 0 fully saturated rings. The Kier molecular flexibility index (Phi) is 3.95. The first-order valence-electron chi connectivity index (χ1n) is 8.03. The van der Waals surface area contributed by atoms with E-state index in [-0.39, 0.29) is 6.04 Å². The third kappa shape index (κ3) is 2.99. The van der Waals surface area contributed by atoms with Crippen LogP contribution in [-0.2, 0) is 4.74 Å². The highest BCUT2D eigenvalue weighted by Gasteiger charge is 2.20. The van der Waals surface area contributed by atoms with Crippen molar-refractivity contribution < 1.29 is 4.74 Å². The van der Waals surface area contributed by atoms with Crippen LogP contribution < -0.4 is 0 Å². The van der Waals surface area contributed by atoms with Crippen molar-refractivity contribution in [3.63, 3.8) is 0 Å². The molecule has 0 aliphatic carbocycles. The van der Waals surface area contributed by atoms with Crippen LogP contribution >= 0.6 is 0 Å². The van der Waals surface area contributed by atoms with E-state index < -0.39 is 0 Å². The summed E-state index contributed by atoms with van der Waals surface area (Å²) in [6.07, 6.45) is 2.08. The van der Waals surface area contributed by atoms with Crippen LogP contribution in [-0.4, -0.2) is 5.90 Å². The van der Waals surface area contributed by atoms with E-state index in [1.54, 1.807) is 0 Å². The zero-order chi connectivity index (χ0) is 16.2. The van der Waals surface area contributed by atoms with Crippen molar-refractivity contribution >= 4 is 11.7 Å². The van der Waals surface area contributed by atoms with Crippen molar-refractivity contribution in [2.45, 2.75) is 6.04 Å². The van der Waals surface area contributed by atoms with Gasteiger partial charge in [-0.05, 0) is 23.8 Å². The summed E-state index contributed by atoms with van der Waals surface area (Å²) in [6, 6.07) is 30.4. The van der Waals surface area contributed by atoms with Crippen LogP contribution in [0.1, 0.15) is 22.7 Å². The molecule has 0 bridgehead atoms. The predicted octanol–water partition coefficient (Wildman–Crippen LogP) is 5.25. The third-order valence-corrected chi connectivity index (χ3v) is 3.99. The monoisotopic (exact) mass is 311 g/mol. The van der Waals surface area contributed by atoms with Gasteiger partial charge in [-0.25, -0.2) is 4.99 Å². The maximum Gasteiger partial charge on any atom is 0.222 e. The van der Waals surface area contributed by atoms with E-state index >= 15 is 0 Å². The zero-order valence-corrected chi connectivity index (χ0v) is 13.2. The summed E-state index contributed by atoms with van der Waals surface area (Å²) < 4.78 is 6.12. The van der Waals surface area contributed by atoms with Crippen LogP contribution in [0.2, 0.25) is 0 Å². The lowest BCUT2D eigenvalue weighted by Crippen LogP contribution is -2.13. The Balaban J connectivity index is 1.78. The van der Waals surface area contributed by atoms with E-state index in [9.17, 15) is 0 Å². The molecule has 1 heterocycles. The van der Waals surface area contributed by atoms with E-state index in [1.807, 2.05) is 66.7 Å². The lowest BCUT2D eigenvalue weighted by molar-refractivity contribution is 0.486. The first-order valence-corrected chi connectivity index (χ1v) is 8.03. The lowest BCUT2D eigenvalue weighted by Gasteiger charge is -2.21. The molecule has 4 rings (SSSR count). The number of hydrogen-bond acceptors (Lipinski definition) is 2. The maximum absolute atomic E-state index is 6.12. The van der Waals surface area contributed by atoms with Gasteiger partial charge in [0.1, 0.15) is 11.8 Å². The van der Waals surface area contributed by atoms with Crippen LogP contribution in [0.5, 0.6) is 0 Å². The molecule has 0 amide bonds. The van der Waals surface area contributed by atoms with Gasteiger partial charge in [-0.1, -0.05) is 78.9 Å². The molecule has 0 N–H and O–H groups in total. The second kappa shape index (κ2) is 6.55. The molecular formula is C22H17NO. The highest BCUT2D eigenvalue weighted by atomic mass is 16.5. The standard InChI is InChI=1S/C22H17NO/c1-4-10-17(11-5-1)20-16-21(18-12-6-2-7-13-18)24-22(23-20)19-14-8-3-9-15-19/h1-16,20H/t20-/m1/s1. The number of hydrogen-bond donors (Lipinski definition) is 0. The highest BCUT2D eigenvalue weighted by molar-refractivity contribution is 5.98. The molecule has 116 valence electrons. The predicted molar refractivity (Wildman–Crippen MR) is 97.7 cm³/mol. The van der Waals surface area contributed by atoms with Crippen LogP contribution in [0, 0.1) is 0 Å². The van der Waals surface area contributed by atoms with E-state index in [0.29, 0.717) is 5.90 Å². The van der Waals surface area contributed by atoms with Gasteiger partial charge < -0.3 is 4.74 Å². The summed E-state index contributed by atoms with van der Waals surface area (Å²) in [4.78, 5) is 4.82. The molecule has 3 aromatic carbocycles. The Hall–Kier alpha value is -3.13. The Morgan fingerprint density at radius 1 is 0.625 bits per heavy atom. The molecule has 0 unspecified atom stereocenters. The summed E-state index contributed by atoms with van der Waals surface area (Å²) in [6.45, 7) is 0. The molecule has 0 saturated carbocycles. The Morgan fingerprint density at radius 2 is 1.17 bits per heavy atom. The van der Waals surface area contributed by atoms with Crippen LogP contribution in [0.25, 0.3) is 5.76 Å². The number of nitrogens with zero attached hydrogens (tertiary/aromatic N) is 1. The van der Waals surface area contributed by atoms with Gasteiger partial charge in [-0.2, -0.15) is 0 Å². The van der Waals surface area contributed by atoms with Crippen molar-refractivity contribution in [2.75, 3.05) is 0 Å². The second-order valence-corrected chi connectivity index (χ2v) is 5.65. The topological polar surface area (TPSA) is 21.6 Å². The van der Waals surface area contributed by atoms with Crippen molar-refractivity contribution in [3.8, 4) is 0 Å². The van der Waals surface area contributed by atoms with Crippen LogP contribution in [0.15, 0.2) is 102 Å². The molecule has 0 radical (unpaired) electrons. The van der Waals surface area contributed by atoms with Gasteiger partial charge >= 0.3 is 0 Å². The maximum atomic E-state index is 6.12. The molecule has 24 heavy (non-hydrogen) atoms. The molecule has 2 nitrogen and oxygen atoms in total. The number of aliphatic imine (C=N–C) groups is 1. The van der Waals surface area contributed by atoms with Gasteiger partial charge in [-0.3, -0.25) is 0 Å². The van der Waals surface area contributed by atoms with Crippen molar-refractivity contribution in [1.82, 2.24) is 0 Å². The van der Waals surface area contributed by atoms with Gasteiger partial charge in [0.2, 0.25) is 5.90 Å². The number of rotatable bonds is 3. The van der Waals surface area contributed by atoms with Gasteiger partial charge in [0, 0.05) is 11.1 Å². The highest BCUT2D eigenvalue weighted by Crippen LogP contribution is 2.31. The first-order chi connectivity index (χ1) is 11.9. The Labute approximate surface area is 141 Å². The second-order valence-electron chi connectivity index (χ2n) is 5.65. The number of benzene rings is 3. The number of ether oxygens (including phenoxy) is 1. The zero-order valence-electron chi connectivity index (χ0n) is 13.2.